The van der Waals surface area contributed by atoms with E-state index < -0.39 is 46.4 Å². The van der Waals surface area contributed by atoms with Gasteiger partial charge in [0, 0.05) is 29.2 Å². The van der Waals surface area contributed by atoms with Crippen LogP contribution < -0.4 is 10.2 Å². The van der Waals surface area contributed by atoms with E-state index in [9.17, 15) is 32.3 Å². The number of para-hydroxylation sites is 1. The summed E-state index contributed by atoms with van der Waals surface area (Å²) in [5, 5.41) is 10.1. The predicted molar refractivity (Wildman–Crippen MR) is 110 cm³/mol. The lowest BCUT2D eigenvalue weighted by molar-refractivity contribution is -0.137. The van der Waals surface area contributed by atoms with Crippen LogP contribution in [-0.2, 0) is 25.4 Å². The number of rotatable bonds is 6. The van der Waals surface area contributed by atoms with Crippen LogP contribution in [0.2, 0.25) is 0 Å². The summed E-state index contributed by atoms with van der Waals surface area (Å²) in [6.07, 6.45) is -3.44. The van der Waals surface area contributed by atoms with Gasteiger partial charge in [0.15, 0.2) is 0 Å². The Labute approximate surface area is 183 Å². The number of imide groups is 1. The fraction of sp³-hybridized carbons (Fsp3) is 0.143. The fourth-order valence-corrected chi connectivity index (χ4v) is 4.02. The average molecular weight is 464 g/mol. The topological polar surface area (TPSA) is 104 Å². The van der Waals surface area contributed by atoms with E-state index in [-0.39, 0.29) is 6.42 Å². The van der Waals surface area contributed by atoms with Gasteiger partial charge >= 0.3 is 12.1 Å². The summed E-state index contributed by atoms with van der Waals surface area (Å²) in [5.74, 6) is -3.39. The standard InChI is InChI=1S/C21H15F3N2O5S/c22-21(23,24)14-3-1-2-4-15(14)26-18(28)11-16(20(26)31)32-13-7-5-12(6-8-13)25-17(27)9-10-19(29)30/h1-10,16H,11H2,(H,25,27)(H,29,30)/b10-9+. The van der Waals surface area contributed by atoms with E-state index in [0.29, 0.717) is 21.6 Å². The van der Waals surface area contributed by atoms with Gasteiger partial charge in [0.05, 0.1) is 16.5 Å². The minimum Gasteiger partial charge on any atom is -0.478 e. The fourth-order valence-electron chi connectivity index (χ4n) is 2.97. The van der Waals surface area contributed by atoms with E-state index in [1.807, 2.05) is 0 Å². The Hall–Kier alpha value is -3.60. The first-order valence-electron chi connectivity index (χ1n) is 9.08. The van der Waals surface area contributed by atoms with E-state index in [0.717, 1.165) is 30.0 Å². The number of amides is 3. The minimum atomic E-state index is -4.72. The molecule has 166 valence electrons. The highest BCUT2D eigenvalue weighted by Crippen LogP contribution is 2.40. The Bertz CT molecular complexity index is 1100. The number of alkyl halides is 3. The van der Waals surface area contributed by atoms with Crippen LogP contribution in [-0.4, -0.2) is 34.0 Å². The lowest BCUT2D eigenvalue weighted by Gasteiger charge is -2.20. The number of carboxylic acid groups (broad SMARTS) is 1. The Morgan fingerprint density at radius 3 is 2.34 bits per heavy atom. The third kappa shape index (κ3) is 5.35. The smallest absolute Gasteiger partial charge is 0.418 e. The largest absolute Gasteiger partial charge is 0.478 e. The van der Waals surface area contributed by atoms with Crippen molar-refractivity contribution in [3.8, 4) is 0 Å². The van der Waals surface area contributed by atoms with Gasteiger partial charge in [0.1, 0.15) is 0 Å². The second-order valence-corrected chi connectivity index (χ2v) is 7.85. The lowest BCUT2D eigenvalue weighted by Crippen LogP contribution is -2.33. The molecule has 0 radical (unpaired) electrons. The molecule has 0 saturated carbocycles. The summed E-state index contributed by atoms with van der Waals surface area (Å²) in [5.41, 5.74) is -1.20. The average Bonchev–Trinajstić information content (AvgIpc) is 3.00. The summed E-state index contributed by atoms with van der Waals surface area (Å²) in [7, 11) is 0. The van der Waals surface area contributed by atoms with Gasteiger partial charge in [-0.2, -0.15) is 13.2 Å². The van der Waals surface area contributed by atoms with Gasteiger partial charge in [-0.05, 0) is 36.4 Å². The molecule has 1 aliphatic heterocycles. The van der Waals surface area contributed by atoms with Crippen molar-refractivity contribution in [2.24, 2.45) is 0 Å². The van der Waals surface area contributed by atoms with Crippen LogP contribution in [0, 0.1) is 0 Å². The molecule has 2 aromatic carbocycles. The molecule has 7 nitrogen and oxygen atoms in total. The number of nitrogens with zero attached hydrogens (tertiary/aromatic N) is 1. The maximum absolute atomic E-state index is 13.3. The van der Waals surface area contributed by atoms with Crippen molar-refractivity contribution in [3.05, 3.63) is 66.2 Å². The van der Waals surface area contributed by atoms with Crippen molar-refractivity contribution in [1.82, 2.24) is 0 Å². The number of hydrogen-bond donors (Lipinski definition) is 2. The highest BCUT2D eigenvalue weighted by molar-refractivity contribution is 8.00. The molecule has 2 N–H and O–H groups in total. The summed E-state index contributed by atoms with van der Waals surface area (Å²) in [6.45, 7) is 0. The molecular formula is C21H15F3N2O5S. The van der Waals surface area contributed by atoms with Crippen LogP contribution in [0.1, 0.15) is 12.0 Å². The highest BCUT2D eigenvalue weighted by Gasteiger charge is 2.44. The SMILES string of the molecule is O=C(O)/C=C/C(=O)Nc1ccc(SC2CC(=O)N(c3ccccc3C(F)(F)F)C2=O)cc1. The van der Waals surface area contributed by atoms with E-state index in [2.05, 4.69) is 5.32 Å². The molecular weight excluding hydrogens is 449 g/mol. The first-order chi connectivity index (χ1) is 15.1. The molecule has 1 heterocycles. The Morgan fingerprint density at radius 2 is 1.72 bits per heavy atom. The van der Waals surface area contributed by atoms with Gasteiger partial charge < -0.3 is 10.4 Å². The van der Waals surface area contributed by atoms with Gasteiger partial charge in [-0.3, -0.25) is 14.4 Å². The zero-order valence-corrected chi connectivity index (χ0v) is 16.9. The van der Waals surface area contributed by atoms with Crippen LogP contribution in [0.5, 0.6) is 0 Å². The zero-order valence-electron chi connectivity index (χ0n) is 16.1. The molecule has 2 aromatic rings. The highest BCUT2D eigenvalue weighted by atomic mass is 32.2. The van der Waals surface area contributed by atoms with Crippen molar-refractivity contribution in [2.75, 3.05) is 10.2 Å². The number of carboxylic acids is 1. The number of aliphatic carboxylic acids is 1. The molecule has 1 aliphatic rings. The van der Waals surface area contributed by atoms with Crippen LogP contribution in [0.3, 0.4) is 0 Å². The zero-order chi connectivity index (χ0) is 23.5. The van der Waals surface area contributed by atoms with Gasteiger partial charge in [0.2, 0.25) is 17.7 Å². The second kappa shape index (κ2) is 9.27. The van der Waals surface area contributed by atoms with Gasteiger partial charge in [-0.25, -0.2) is 9.69 Å². The molecule has 0 spiro atoms. The number of nitrogens with one attached hydrogen (secondary N) is 1. The quantitative estimate of drug-likeness (QED) is 0.499. The van der Waals surface area contributed by atoms with Crippen molar-refractivity contribution in [1.29, 1.82) is 0 Å². The van der Waals surface area contributed by atoms with Crippen LogP contribution in [0.15, 0.2) is 65.6 Å². The Morgan fingerprint density at radius 1 is 1.06 bits per heavy atom. The van der Waals surface area contributed by atoms with E-state index in [1.165, 1.54) is 24.3 Å². The molecule has 0 aromatic heterocycles. The number of carbonyl (C=O) groups excluding carboxylic acids is 3. The molecule has 1 atom stereocenters. The number of benzene rings is 2. The van der Waals surface area contributed by atoms with Gasteiger partial charge in [-0.15, -0.1) is 11.8 Å². The van der Waals surface area contributed by atoms with Crippen molar-refractivity contribution in [2.45, 2.75) is 22.7 Å². The van der Waals surface area contributed by atoms with E-state index >= 15 is 0 Å². The molecule has 1 unspecified atom stereocenters. The van der Waals surface area contributed by atoms with Gasteiger partial charge in [-0.1, -0.05) is 12.1 Å². The Kier molecular flexibility index (Phi) is 6.68. The maximum atomic E-state index is 13.3. The van der Waals surface area contributed by atoms with Crippen LogP contribution >= 0.6 is 11.8 Å². The van der Waals surface area contributed by atoms with E-state index in [1.54, 1.807) is 12.1 Å². The monoisotopic (exact) mass is 464 g/mol. The molecule has 11 heteroatoms. The van der Waals surface area contributed by atoms with Crippen LogP contribution in [0.4, 0.5) is 24.5 Å². The van der Waals surface area contributed by atoms with Crippen LogP contribution in [0.25, 0.3) is 0 Å². The van der Waals surface area contributed by atoms with Crippen molar-refractivity contribution < 1.29 is 37.5 Å². The van der Waals surface area contributed by atoms with Crippen molar-refractivity contribution >= 4 is 46.8 Å². The molecule has 3 rings (SSSR count). The van der Waals surface area contributed by atoms with E-state index in [4.69, 9.17) is 5.11 Å². The molecule has 0 bridgehead atoms. The second-order valence-electron chi connectivity index (χ2n) is 6.58. The normalized spacial score (nSPS) is 16.6. The first-order valence-corrected chi connectivity index (χ1v) is 9.96. The molecule has 0 aliphatic carbocycles. The number of halogens is 3. The summed E-state index contributed by atoms with van der Waals surface area (Å²) < 4.78 is 39.9. The minimum absolute atomic E-state index is 0.256. The van der Waals surface area contributed by atoms with Crippen molar-refractivity contribution in [3.63, 3.8) is 0 Å². The third-order valence-electron chi connectivity index (χ3n) is 4.33. The summed E-state index contributed by atoms with van der Waals surface area (Å²) in [6, 6.07) is 10.5. The summed E-state index contributed by atoms with van der Waals surface area (Å²) in [4.78, 5) is 48.3. The molecule has 3 amide bonds. The van der Waals surface area contributed by atoms with Gasteiger partial charge in [0.25, 0.3) is 0 Å². The molecule has 1 fully saturated rings. The molecule has 32 heavy (non-hydrogen) atoms. The number of carbonyl (C=O) groups is 4. The number of anilines is 2. The Balaban J connectivity index is 1.71. The molecule has 1 saturated heterocycles. The maximum Gasteiger partial charge on any atom is 0.418 e. The first kappa shape index (κ1) is 23.1. The number of thioether (sulfide) groups is 1. The predicted octanol–water partition coefficient (Wildman–Crippen LogP) is 3.71. The summed E-state index contributed by atoms with van der Waals surface area (Å²) >= 11 is 1.02. The third-order valence-corrected chi connectivity index (χ3v) is 5.53. The lowest BCUT2D eigenvalue weighted by atomic mass is 10.1. The number of hydrogen-bond acceptors (Lipinski definition) is 5.